The van der Waals surface area contributed by atoms with E-state index in [1.165, 1.54) is 24.3 Å². The van der Waals surface area contributed by atoms with Crippen LogP contribution in [0, 0.1) is 11.6 Å². The van der Waals surface area contributed by atoms with E-state index >= 15 is 0 Å². The molecule has 2 aromatic carbocycles. The fourth-order valence-electron chi connectivity index (χ4n) is 1.55. The summed E-state index contributed by atoms with van der Waals surface area (Å²) in [5.41, 5.74) is 0.424. The molecule has 2 nitrogen and oxygen atoms in total. The lowest BCUT2D eigenvalue weighted by Gasteiger charge is -2.05. The van der Waals surface area contributed by atoms with Gasteiger partial charge in [0.2, 0.25) is 0 Å². The maximum Gasteiger partial charge on any atom is 0.264 e. The first-order valence-electron chi connectivity index (χ1n) is 4.89. The molecule has 0 aromatic heterocycles. The molecule has 0 saturated carbocycles. The normalized spacial score (nSPS) is 11.5. The van der Waals surface area contributed by atoms with Gasteiger partial charge in [-0.3, -0.25) is 0 Å². The lowest BCUT2D eigenvalue weighted by Crippen LogP contribution is -1.96. The molecule has 0 saturated heterocycles. The van der Waals surface area contributed by atoms with Gasteiger partial charge >= 0.3 is 0 Å². The quantitative estimate of drug-likeness (QED) is 0.792. The van der Waals surface area contributed by atoms with Gasteiger partial charge in [0.05, 0.1) is 0 Å². The predicted octanol–water partition coefficient (Wildman–Crippen LogP) is 3.56. The zero-order chi connectivity index (χ0) is 13.3. The van der Waals surface area contributed by atoms with Gasteiger partial charge in [0.25, 0.3) is 9.05 Å². The third-order valence-electron chi connectivity index (χ3n) is 2.38. The van der Waals surface area contributed by atoms with Crippen molar-refractivity contribution in [2.24, 2.45) is 0 Å². The van der Waals surface area contributed by atoms with Crippen molar-refractivity contribution in [1.82, 2.24) is 0 Å². The summed E-state index contributed by atoms with van der Waals surface area (Å²) in [6.07, 6.45) is 0. The highest BCUT2D eigenvalue weighted by atomic mass is 35.7. The van der Waals surface area contributed by atoms with Gasteiger partial charge in [0, 0.05) is 16.2 Å². The van der Waals surface area contributed by atoms with Gasteiger partial charge in [-0.2, -0.15) is 0 Å². The molecule has 0 heterocycles. The second-order valence-corrected chi connectivity index (χ2v) is 6.10. The SMILES string of the molecule is O=S(=O)(Cl)c1cc(-c2ccccc2F)ccc1F. The first kappa shape index (κ1) is 13.0. The van der Waals surface area contributed by atoms with Crippen molar-refractivity contribution in [3.05, 3.63) is 54.1 Å². The summed E-state index contributed by atoms with van der Waals surface area (Å²) in [6.45, 7) is 0. The summed E-state index contributed by atoms with van der Waals surface area (Å²) in [5, 5.41) is 0. The lowest BCUT2D eigenvalue weighted by atomic mass is 10.1. The van der Waals surface area contributed by atoms with Gasteiger partial charge in [0.1, 0.15) is 16.5 Å². The van der Waals surface area contributed by atoms with Crippen molar-refractivity contribution in [3.8, 4) is 11.1 Å². The molecule has 18 heavy (non-hydrogen) atoms. The van der Waals surface area contributed by atoms with Gasteiger partial charge in [-0.15, -0.1) is 0 Å². The van der Waals surface area contributed by atoms with Crippen molar-refractivity contribution in [1.29, 1.82) is 0 Å². The summed E-state index contributed by atoms with van der Waals surface area (Å²) >= 11 is 0. The zero-order valence-corrected chi connectivity index (χ0v) is 10.5. The molecule has 0 amide bonds. The van der Waals surface area contributed by atoms with Crippen LogP contribution in [0.5, 0.6) is 0 Å². The fraction of sp³-hybridized carbons (Fsp3) is 0. The van der Waals surface area contributed by atoms with E-state index in [-0.39, 0.29) is 11.1 Å². The molecule has 0 aliphatic carbocycles. The van der Waals surface area contributed by atoms with Crippen molar-refractivity contribution in [2.75, 3.05) is 0 Å². The Kier molecular flexibility index (Phi) is 3.36. The third-order valence-corrected chi connectivity index (χ3v) is 3.72. The molecule has 94 valence electrons. The topological polar surface area (TPSA) is 34.1 Å². The van der Waals surface area contributed by atoms with E-state index in [1.807, 2.05) is 0 Å². The average Bonchev–Trinajstić information content (AvgIpc) is 2.29. The Morgan fingerprint density at radius 1 is 0.944 bits per heavy atom. The van der Waals surface area contributed by atoms with Gasteiger partial charge < -0.3 is 0 Å². The molecule has 0 N–H and O–H groups in total. The van der Waals surface area contributed by atoms with E-state index < -0.39 is 25.6 Å². The number of halogens is 3. The molecule has 0 spiro atoms. The Hall–Kier alpha value is -1.46. The van der Waals surface area contributed by atoms with Gasteiger partial charge in [0.15, 0.2) is 0 Å². The Labute approximate surface area is 107 Å². The Morgan fingerprint density at radius 3 is 2.22 bits per heavy atom. The van der Waals surface area contributed by atoms with Crippen LogP contribution in [0.2, 0.25) is 0 Å². The second kappa shape index (κ2) is 4.66. The molecular formula is C12H7ClF2O2S. The average molecular weight is 289 g/mol. The summed E-state index contributed by atoms with van der Waals surface area (Å²) in [5.74, 6) is -1.49. The molecule has 2 aromatic rings. The molecule has 0 bridgehead atoms. The van der Waals surface area contributed by atoms with Crippen LogP contribution in [0.15, 0.2) is 47.4 Å². The fourth-order valence-corrected chi connectivity index (χ4v) is 2.48. The molecule has 0 radical (unpaired) electrons. The van der Waals surface area contributed by atoms with Crippen molar-refractivity contribution >= 4 is 19.7 Å². The predicted molar refractivity (Wildman–Crippen MR) is 64.8 cm³/mol. The molecule has 0 aliphatic heterocycles. The minimum atomic E-state index is -4.20. The number of rotatable bonds is 2. The summed E-state index contributed by atoms with van der Waals surface area (Å²) < 4.78 is 49.2. The minimum absolute atomic E-state index is 0.180. The highest BCUT2D eigenvalue weighted by Crippen LogP contribution is 2.28. The first-order valence-corrected chi connectivity index (χ1v) is 7.19. The van der Waals surface area contributed by atoms with Crippen molar-refractivity contribution < 1.29 is 17.2 Å². The van der Waals surface area contributed by atoms with Gasteiger partial charge in [-0.1, -0.05) is 24.3 Å². The monoisotopic (exact) mass is 288 g/mol. The van der Waals surface area contributed by atoms with E-state index in [2.05, 4.69) is 0 Å². The third kappa shape index (κ3) is 2.52. The van der Waals surface area contributed by atoms with Gasteiger partial charge in [-0.25, -0.2) is 17.2 Å². The van der Waals surface area contributed by atoms with Crippen LogP contribution in [-0.2, 0) is 9.05 Å². The van der Waals surface area contributed by atoms with Crippen LogP contribution in [0.1, 0.15) is 0 Å². The lowest BCUT2D eigenvalue weighted by molar-refractivity contribution is 0.575. The van der Waals surface area contributed by atoms with Gasteiger partial charge in [-0.05, 0) is 23.8 Å². The molecule has 0 atom stereocenters. The van der Waals surface area contributed by atoms with E-state index in [0.29, 0.717) is 0 Å². The Morgan fingerprint density at radius 2 is 1.61 bits per heavy atom. The van der Waals surface area contributed by atoms with Crippen molar-refractivity contribution in [3.63, 3.8) is 0 Å². The highest BCUT2D eigenvalue weighted by Gasteiger charge is 2.17. The Bertz CT molecular complexity index is 699. The maximum atomic E-state index is 13.5. The van der Waals surface area contributed by atoms with Crippen LogP contribution in [0.3, 0.4) is 0 Å². The minimum Gasteiger partial charge on any atom is -0.207 e. The molecular weight excluding hydrogens is 282 g/mol. The Balaban J connectivity index is 2.66. The first-order chi connectivity index (χ1) is 8.39. The second-order valence-electron chi connectivity index (χ2n) is 3.56. The molecule has 2 rings (SSSR count). The summed E-state index contributed by atoms with van der Waals surface area (Å²) in [6, 6.07) is 9.03. The smallest absolute Gasteiger partial charge is 0.207 e. The standard InChI is InChI=1S/C12H7ClF2O2S/c13-18(16,17)12-7-8(5-6-11(12)15)9-3-1-2-4-10(9)14/h1-7H. The molecule has 0 aliphatic rings. The largest absolute Gasteiger partial charge is 0.264 e. The zero-order valence-electron chi connectivity index (χ0n) is 8.90. The van der Waals surface area contributed by atoms with E-state index in [1.54, 1.807) is 6.07 Å². The number of benzene rings is 2. The maximum absolute atomic E-state index is 13.5. The van der Waals surface area contributed by atoms with Crippen LogP contribution in [0.25, 0.3) is 11.1 Å². The van der Waals surface area contributed by atoms with E-state index in [4.69, 9.17) is 10.7 Å². The molecule has 0 fully saturated rings. The number of hydrogen-bond donors (Lipinski definition) is 0. The molecule has 6 heteroatoms. The van der Waals surface area contributed by atoms with Crippen LogP contribution in [0.4, 0.5) is 8.78 Å². The van der Waals surface area contributed by atoms with Crippen LogP contribution >= 0.6 is 10.7 Å². The van der Waals surface area contributed by atoms with E-state index in [0.717, 1.165) is 12.1 Å². The van der Waals surface area contributed by atoms with E-state index in [9.17, 15) is 17.2 Å². The number of hydrogen-bond acceptors (Lipinski definition) is 2. The summed E-state index contributed by atoms with van der Waals surface area (Å²) in [7, 11) is 0.899. The van der Waals surface area contributed by atoms with Crippen LogP contribution < -0.4 is 0 Å². The van der Waals surface area contributed by atoms with Crippen LogP contribution in [-0.4, -0.2) is 8.42 Å². The summed E-state index contributed by atoms with van der Waals surface area (Å²) in [4.78, 5) is -0.662. The molecule has 0 unspecified atom stereocenters. The van der Waals surface area contributed by atoms with Crippen molar-refractivity contribution in [2.45, 2.75) is 4.90 Å². The highest BCUT2D eigenvalue weighted by molar-refractivity contribution is 8.13.